The van der Waals surface area contributed by atoms with Crippen molar-refractivity contribution in [3.8, 4) is 0 Å². The number of anilines is 1. The van der Waals surface area contributed by atoms with Crippen molar-refractivity contribution in [3.63, 3.8) is 0 Å². The number of rotatable bonds is 4. The van der Waals surface area contributed by atoms with E-state index in [0.717, 1.165) is 25.9 Å². The van der Waals surface area contributed by atoms with Crippen molar-refractivity contribution >= 4 is 11.7 Å². The number of hydrogen-bond acceptors (Lipinski definition) is 6. The molecule has 3 heterocycles. The molecule has 122 valence electrons. The molecule has 0 spiro atoms. The average Bonchev–Trinajstić information content (AvgIpc) is 3.00. The number of nitrogens with zero attached hydrogens (tertiary/aromatic N) is 5. The van der Waals surface area contributed by atoms with Gasteiger partial charge >= 0.3 is 0 Å². The predicted molar refractivity (Wildman–Crippen MR) is 85.1 cm³/mol. The summed E-state index contributed by atoms with van der Waals surface area (Å²) in [5.41, 5.74) is 0.622. The first-order valence-corrected chi connectivity index (χ1v) is 7.90. The highest BCUT2D eigenvalue weighted by Gasteiger charge is 2.23. The number of aryl methyl sites for hydroxylation is 1. The van der Waals surface area contributed by atoms with Gasteiger partial charge in [-0.2, -0.15) is 4.98 Å². The largest absolute Gasteiger partial charge is 0.351 e. The topological polar surface area (TPSA) is 75.4 Å². The minimum absolute atomic E-state index is 0.0453. The van der Waals surface area contributed by atoms with Crippen molar-refractivity contribution in [2.75, 3.05) is 25.0 Å². The molecule has 7 heteroatoms. The van der Waals surface area contributed by atoms with E-state index >= 15 is 0 Å². The molecule has 0 atom stereocenters. The fourth-order valence-electron chi connectivity index (χ4n) is 2.83. The van der Waals surface area contributed by atoms with Gasteiger partial charge in [0.15, 0.2) is 5.82 Å². The van der Waals surface area contributed by atoms with Crippen molar-refractivity contribution in [1.82, 2.24) is 20.0 Å². The van der Waals surface area contributed by atoms with Crippen molar-refractivity contribution in [2.45, 2.75) is 32.7 Å². The van der Waals surface area contributed by atoms with E-state index < -0.39 is 0 Å². The first kappa shape index (κ1) is 15.5. The molecule has 1 aliphatic rings. The van der Waals surface area contributed by atoms with Gasteiger partial charge in [-0.1, -0.05) is 5.16 Å². The van der Waals surface area contributed by atoms with Crippen molar-refractivity contribution < 1.29 is 9.32 Å². The number of amides is 1. The van der Waals surface area contributed by atoms with Crippen molar-refractivity contribution in [2.24, 2.45) is 0 Å². The fraction of sp³-hybridized carbons (Fsp3) is 0.500. The van der Waals surface area contributed by atoms with Gasteiger partial charge in [0, 0.05) is 33.3 Å². The first-order chi connectivity index (χ1) is 11.1. The molecule has 1 amide bonds. The Labute approximate surface area is 135 Å². The summed E-state index contributed by atoms with van der Waals surface area (Å²) in [6.07, 6.45) is 5.03. The summed E-state index contributed by atoms with van der Waals surface area (Å²) in [5.74, 6) is 1.79. The van der Waals surface area contributed by atoms with Gasteiger partial charge in [0.1, 0.15) is 5.82 Å². The van der Waals surface area contributed by atoms with E-state index in [1.165, 1.54) is 6.42 Å². The van der Waals surface area contributed by atoms with Crippen LogP contribution in [0.1, 0.15) is 41.3 Å². The molecule has 1 fully saturated rings. The van der Waals surface area contributed by atoms with E-state index in [-0.39, 0.29) is 5.91 Å². The maximum Gasteiger partial charge on any atom is 0.257 e. The van der Waals surface area contributed by atoms with E-state index in [2.05, 4.69) is 15.1 Å². The summed E-state index contributed by atoms with van der Waals surface area (Å²) in [6.45, 7) is 3.83. The third-order valence-corrected chi connectivity index (χ3v) is 3.97. The van der Waals surface area contributed by atoms with Gasteiger partial charge in [-0.15, -0.1) is 0 Å². The number of likely N-dealkylation sites (tertiary alicyclic amines) is 1. The maximum atomic E-state index is 12.8. The van der Waals surface area contributed by atoms with Crippen LogP contribution < -0.4 is 4.90 Å². The lowest BCUT2D eigenvalue weighted by Crippen LogP contribution is -2.36. The van der Waals surface area contributed by atoms with Gasteiger partial charge in [-0.3, -0.25) is 4.79 Å². The number of hydrogen-bond donors (Lipinski definition) is 0. The van der Waals surface area contributed by atoms with Crippen LogP contribution in [-0.2, 0) is 6.54 Å². The molecular formula is C16H21N5O2. The third kappa shape index (κ3) is 3.49. The minimum atomic E-state index is 0.0453. The molecule has 1 aliphatic heterocycles. The van der Waals surface area contributed by atoms with E-state index in [9.17, 15) is 4.79 Å². The Bertz CT molecular complexity index is 679. The van der Waals surface area contributed by atoms with Crippen LogP contribution in [0.4, 0.5) is 5.82 Å². The zero-order chi connectivity index (χ0) is 16.2. The molecular weight excluding hydrogens is 294 g/mol. The molecule has 0 saturated carbocycles. The highest BCUT2D eigenvalue weighted by Crippen LogP contribution is 2.21. The highest BCUT2D eigenvalue weighted by atomic mass is 16.5. The lowest BCUT2D eigenvalue weighted by Gasteiger charge is -2.28. The predicted octanol–water partition coefficient (Wildman–Crippen LogP) is 2.04. The highest BCUT2D eigenvalue weighted by molar-refractivity contribution is 5.98. The second-order valence-electron chi connectivity index (χ2n) is 5.81. The van der Waals surface area contributed by atoms with Crippen LogP contribution in [0.15, 0.2) is 22.9 Å². The Morgan fingerprint density at radius 2 is 2.13 bits per heavy atom. The molecule has 0 bridgehead atoms. The van der Waals surface area contributed by atoms with Gasteiger partial charge in [0.25, 0.3) is 5.91 Å². The zero-order valence-corrected chi connectivity index (χ0v) is 13.5. The number of piperidine rings is 1. The van der Waals surface area contributed by atoms with Crippen LogP contribution in [0.25, 0.3) is 0 Å². The molecule has 2 aromatic heterocycles. The Morgan fingerprint density at radius 3 is 2.83 bits per heavy atom. The van der Waals surface area contributed by atoms with Crippen LogP contribution in [0.2, 0.25) is 0 Å². The zero-order valence-electron chi connectivity index (χ0n) is 13.5. The molecule has 0 aromatic carbocycles. The van der Waals surface area contributed by atoms with E-state index in [4.69, 9.17) is 4.52 Å². The van der Waals surface area contributed by atoms with E-state index in [1.54, 1.807) is 19.2 Å². The summed E-state index contributed by atoms with van der Waals surface area (Å²) in [7, 11) is 1.88. The molecule has 1 saturated heterocycles. The van der Waals surface area contributed by atoms with Crippen LogP contribution in [0, 0.1) is 6.92 Å². The van der Waals surface area contributed by atoms with Gasteiger partial charge in [-0.25, -0.2) is 4.98 Å². The third-order valence-electron chi connectivity index (χ3n) is 3.97. The lowest BCUT2D eigenvalue weighted by molar-refractivity contribution is 0.0724. The van der Waals surface area contributed by atoms with Gasteiger partial charge < -0.3 is 14.3 Å². The van der Waals surface area contributed by atoms with Crippen molar-refractivity contribution in [1.29, 1.82) is 0 Å². The maximum absolute atomic E-state index is 12.8. The van der Waals surface area contributed by atoms with E-state index in [0.29, 0.717) is 29.6 Å². The quantitative estimate of drug-likeness (QED) is 0.859. The molecule has 3 rings (SSSR count). The molecule has 7 nitrogen and oxygen atoms in total. The van der Waals surface area contributed by atoms with Crippen LogP contribution >= 0.6 is 0 Å². The Kier molecular flexibility index (Phi) is 4.55. The minimum Gasteiger partial charge on any atom is -0.351 e. The summed E-state index contributed by atoms with van der Waals surface area (Å²) in [4.78, 5) is 25.2. The number of pyridine rings is 1. The number of aromatic nitrogens is 3. The number of carbonyl (C=O) groups is 1. The smallest absolute Gasteiger partial charge is 0.257 e. The van der Waals surface area contributed by atoms with Gasteiger partial charge in [0.2, 0.25) is 5.89 Å². The average molecular weight is 315 g/mol. The van der Waals surface area contributed by atoms with E-state index in [1.807, 2.05) is 22.9 Å². The molecule has 0 radical (unpaired) electrons. The Hall–Kier alpha value is -2.44. The van der Waals surface area contributed by atoms with Crippen molar-refractivity contribution in [3.05, 3.63) is 35.6 Å². The Morgan fingerprint density at radius 1 is 1.35 bits per heavy atom. The second-order valence-corrected chi connectivity index (χ2v) is 5.81. The summed E-state index contributed by atoms with van der Waals surface area (Å²) >= 11 is 0. The monoisotopic (exact) mass is 315 g/mol. The van der Waals surface area contributed by atoms with Gasteiger partial charge in [0.05, 0.1) is 12.1 Å². The molecule has 0 unspecified atom stereocenters. The van der Waals surface area contributed by atoms with Crippen LogP contribution in [0.3, 0.4) is 0 Å². The van der Waals surface area contributed by atoms with Crippen LogP contribution in [-0.4, -0.2) is 46.1 Å². The summed E-state index contributed by atoms with van der Waals surface area (Å²) < 4.78 is 4.99. The molecule has 0 aliphatic carbocycles. The standard InChI is InChI=1S/C16H21N5O2/c1-12-18-14(19-23-12)11-20(2)15-13(7-6-8-17-15)16(22)21-9-4-3-5-10-21/h6-8H,3-5,9-11H2,1-2H3. The second kappa shape index (κ2) is 6.76. The van der Waals surface area contributed by atoms with Crippen LogP contribution in [0.5, 0.6) is 0 Å². The van der Waals surface area contributed by atoms with Gasteiger partial charge in [-0.05, 0) is 31.4 Å². The first-order valence-electron chi connectivity index (χ1n) is 7.90. The molecule has 2 aromatic rings. The number of carbonyl (C=O) groups excluding carboxylic acids is 1. The summed E-state index contributed by atoms with van der Waals surface area (Å²) in [6, 6.07) is 3.63. The normalized spacial score (nSPS) is 14.8. The Balaban J connectivity index is 1.80. The lowest BCUT2D eigenvalue weighted by atomic mass is 10.1. The molecule has 23 heavy (non-hydrogen) atoms. The SMILES string of the molecule is Cc1nc(CN(C)c2ncccc2C(=O)N2CCCCC2)no1. The molecule has 0 N–H and O–H groups in total. The summed E-state index contributed by atoms with van der Waals surface area (Å²) in [5, 5.41) is 3.89. The fourth-order valence-corrected chi connectivity index (χ4v) is 2.83.